The van der Waals surface area contributed by atoms with Gasteiger partial charge in [0.05, 0.1) is 4.24 Å². The van der Waals surface area contributed by atoms with E-state index in [1.165, 1.54) is 29.6 Å². The summed E-state index contributed by atoms with van der Waals surface area (Å²) < 4.78 is 0.615. The molecule has 2 rings (SSSR count). The molecule has 1 aliphatic heterocycles. The molecule has 1 N–H and O–H groups in total. The summed E-state index contributed by atoms with van der Waals surface area (Å²) in [5, 5.41) is 9.18. The minimum Gasteiger partial charge on any atom is -0.477 e. The highest BCUT2D eigenvalue weighted by Crippen LogP contribution is 2.39. The fraction of sp³-hybridized carbons (Fsp3) is 0.125. The Hall–Kier alpha value is -1.72. The third-order valence-corrected chi connectivity index (χ3v) is 5.38. The number of carbonyl (C=O) groups is 2. The summed E-state index contributed by atoms with van der Waals surface area (Å²) in [5.74, 6) is 0.0781. The lowest BCUT2D eigenvalue weighted by Gasteiger charge is -2.00. The molecule has 108 valence electrons. The normalized spacial score (nSPS) is 15.0. The van der Waals surface area contributed by atoms with Gasteiger partial charge in [-0.15, -0.1) is 23.5 Å². The number of carboxylic acid groups (broad SMARTS) is 1. The van der Waals surface area contributed by atoms with Crippen molar-refractivity contribution in [2.24, 2.45) is 0 Å². The third kappa shape index (κ3) is 4.65. The van der Waals surface area contributed by atoms with Crippen LogP contribution in [0.1, 0.15) is 5.56 Å². The van der Waals surface area contributed by atoms with Gasteiger partial charge in [-0.05, 0) is 11.6 Å². The minimum absolute atomic E-state index is 0.119. The molecular weight excluding hydrogens is 304 g/mol. The predicted octanol–water partition coefficient (Wildman–Crippen LogP) is 3.60. The Balaban J connectivity index is 2.06. The number of hydrogen-bond acceptors (Lipinski definition) is 4. The van der Waals surface area contributed by atoms with E-state index in [2.05, 4.69) is 0 Å². The maximum atomic E-state index is 12.0. The van der Waals surface area contributed by atoms with E-state index < -0.39 is 11.8 Å². The van der Waals surface area contributed by atoms with Crippen molar-refractivity contribution in [3.8, 4) is 0 Å². The first-order valence-corrected chi connectivity index (χ1v) is 8.33. The van der Waals surface area contributed by atoms with Gasteiger partial charge >= 0.3 is 5.97 Å². The summed E-state index contributed by atoms with van der Waals surface area (Å²) in [6.07, 6.45) is 6.46. The average Bonchev–Trinajstić information content (AvgIpc) is 2.98. The quantitative estimate of drug-likeness (QED) is 0.389. The van der Waals surface area contributed by atoms with Crippen molar-refractivity contribution in [1.82, 2.24) is 0 Å². The first kappa shape index (κ1) is 15.7. The molecule has 21 heavy (non-hydrogen) atoms. The van der Waals surface area contributed by atoms with Gasteiger partial charge in [-0.3, -0.25) is 4.79 Å². The van der Waals surface area contributed by atoms with E-state index in [1.807, 2.05) is 36.4 Å². The van der Waals surface area contributed by atoms with Crippen molar-refractivity contribution in [2.75, 3.05) is 11.5 Å². The van der Waals surface area contributed by atoms with Crippen LogP contribution in [0, 0.1) is 0 Å². The molecule has 5 heteroatoms. The van der Waals surface area contributed by atoms with Crippen LogP contribution in [0.2, 0.25) is 0 Å². The van der Waals surface area contributed by atoms with Gasteiger partial charge in [-0.25, -0.2) is 4.79 Å². The molecule has 1 aromatic carbocycles. The molecule has 1 fully saturated rings. The molecular formula is C16H14O3S2. The number of ketones is 1. The molecule has 0 saturated carbocycles. The number of carbonyl (C=O) groups excluding carboxylic acids is 1. The molecule has 3 nitrogen and oxygen atoms in total. The number of allylic oxidation sites excluding steroid dienone is 3. The van der Waals surface area contributed by atoms with Gasteiger partial charge < -0.3 is 5.11 Å². The molecule has 0 radical (unpaired) electrons. The standard InChI is InChI=1S/C16H14O3S2/c17-13(14(15(18)19)16-20-10-11-21-16)9-5-4-8-12-6-2-1-3-7-12/h1-9H,10-11H2,(H,18,19)/b8-4+,9-5+. The number of rotatable bonds is 5. The molecule has 1 aliphatic rings. The highest BCUT2D eigenvalue weighted by atomic mass is 32.2. The lowest BCUT2D eigenvalue weighted by molar-refractivity contribution is -0.134. The van der Waals surface area contributed by atoms with Crippen LogP contribution in [0.5, 0.6) is 0 Å². The highest BCUT2D eigenvalue weighted by molar-refractivity contribution is 8.25. The summed E-state index contributed by atoms with van der Waals surface area (Å²) >= 11 is 2.86. The lowest BCUT2D eigenvalue weighted by Crippen LogP contribution is -2.11. The summed E-state index contributed by atoms with van der Waals surface area (Å²) in [6.45, 7) is 0. The van der Waals surface area contributed by atoms with Gasteiger partial charge in [-0.1, -0.05) is 48.6 Å². The number of hydrogen-bond donors (Lipinski definition) is 1. The van der Waals surface area contributed by atoms with Crippen molar-refractivity contribution < 1.29 is 14.7 Å². The number of carboxylic acids is 1. The molecule has 0 bridgehead atoms. The van der Waals surface area contributed by atoms with E-state index in [4.69, 9.17) is 0 Å². The van der Waals surface area contributed by atoms with E-state index in [0.717, 1.165) is 17.1 Å². The van der Waals surface area contributed by atoms with Crippen molar-refractivity contribution >= 4 is 41.4 Å². The molecule has 0 unspecified atom stereocenters. The van der Waals surface area contributed by atoms with Crippen LogP contribution in [-0.2, 0) is 9.59 Å². The predicted molar refractivity (Wildman–Crippen MR) is 89.2 cm³/mol. The largest absolute Gasteiger partial charge is 0.477 e. The van der Waals surface area contributed by atoms with Crippen LogP contribution in [0.3, 0.4) is 0 Å². The maximum absolute atomic E-state index is 12.0. The second-order valence-corrected chi connectivity index (χ2v) is 6.63. The summed E-state index contributed by atoms with van der Waals surface area (Å²) in [5.41, 5.74) is 0.903. The minimum atomic E-state index is -1.16. The third-order valence-electron chi connectivity index (χ3n) is 2.66. The first-order chi connectivity index (χ1) is 10.2. The smallest absolute Gasteiger partial charge is 0.341 e. The number of aliphatic carboxylic acids is 1. The van der Waals surface area contributed by atoms with E-state index in [-0.39, 0.29) is 5.57 Å². The average molecular weight is 318 g/mol. The second-order valence-electron chi connectivity index (χ2n) is 4.16. The Morgan fingerprint density at radius 2 is 1.71 bits per heavy atom. The van der Waals surface area contributed by atoms with Crippen LogP contribution < -0.4 is 0 Å². The SMILES string of the molecule is O=C(O)C(C(=O)/C=C/C=C/c1ccccc1)=C1SCCS1. The van der Waals surface area contributed by atoms with Crippen LogP contribution in [0.4, 0.5) is 0 Å². The van der Waals surface area contributed by atoms with Crippen LogP contribution >= 0.6 is 23.5 Å². The van der Waals surface area contributed by atoms with Crippen molar-refractivity contribution in [3.63, 3.8) is 0 Å². The Kier molecular flexibility index (Phi) is 5.90. The molecule has 0 aliphatic carbocycles. The zero-order valence-electron chi connectivity index (χ0n) is 11.2. The van der Waals surface area contributed by atoms with Crippen molar-refractivity contribution in [2.45, 2.75) is 0 Å². The fourth-order valence-corrected chi connectivity index (χ4v) is 4.24. The van der Waals surface area contributed by atoms with Crippen LogP contribution in [0.25, 0.3) is 6.08 Å². The Morgan fingerprint density at radius 1 is 1.05 bits per heavy atom. The number of benzene rings is 1. The maximum Gasteiger partial charge on any atom is 0.341 e. The van der Waals surface area contributed by atoms with Gasteiger partial charge in [0.1, 0.15) is 5.57 Å². The molecule has 0 aromatic heterocycles. The van der Waals surface area contributed by atoms with E-state index in [0.29, 0.717) is 4.24 Å². The number of thioether (sulfide) groups is 2. The van der Waals surface area contributed by atoms with Gasteiger partial charge in [0.15, 0.2) is 5.78 Å². The Labute approximate surface area is 131 Å². The topological polar surface area (TPSA) is 54.4 Å². The van der Waals surface area contributed by atoms with Crippen LogP contribution in [0.15, 0.2) is 58.4 Å². The van der Waals surface area contributed by atoms with E-state index >= 15 is 0 Å². The first-order valence-electron chi connectivity index (χ1n) is 6.36. The molecule has 0 spiro atoms. The van der Waals surface area contributed by atoms with Crippen molar-refractivity contribution in [1.29, 1.82) is 0 Å². The summed E-state index contributed by atoms with van der Waals surface area (Å²) in [6, 6.07) is 9.68. The molecule has 0 amide bonds. The molecule has 1 saturated heterocycles. The Bertz CT molecular complexity index is 608. The highest BCUT2D eigenvalue weighted by Gasteiger charge is 2.23. The van der Waals surface area contributed by atoms with E-state index in [9.17, 15) is 14.7 Å². The van der Waals surface area contributed by atoms with Gasteiger partial charge in [0.2, 0.25) is 0 Å². The van der Waals surface area contributed by atoms with Crippen LogP contribution in [-0.4, -0.2) is 28.4 Å². The second kappa shape index (κ2) is 7.90. The lowest BCUT2D eigenvalue weighted by atomic mass is 10.1. The molecule has 1 aromatic rings. The fourth-order valence-electron chi connectivity index (χ4n) is 1.71. The monoisotopic (exact) mass is 318 g/mol. The van der Waals surface area contributed by atoms with E-state index in [1.54, 1.807) is 12.2 Å². The Morgan fingerprint density at radius 3 is 2.33 bits per heavy atom. The van der Waals surface area contributed by atoms with Gasteiger partial charge in [0.25, 0.3) is 0 Å². The zero-order chi connectivity index (χ0) is 15.1. The van der Waals surface area contributed by atoms with Gasteiger partial charge in [0, 0.05) is 11.5 Å². The van der Waals surface area contributed by atoms with Gasteiger partial charge in [-0.2, -0.15) is 0 Å². The summed E-state index contributed by atoms with van der Waals surface area (Å²) in [7, 11) is 0. The summed E-state index contributed by atoms with van der Waals surface area (Å²) in [4.78, 5) is 23.2. The molecule has 1 heterocycles. The molecule has 0 atom stereocenters. The zero-order valence-corrected chi connectivity index (χ0v) is 12.8. The van der Waals surface area contributed by atoms with Crippen molar-refractivity contribution in [3.05, 3.63) is 63.9 Å².